The Morgan fingerprint density at radius 3 is 2.42 bits per heavy atom. The van der Waals surface area contributed by atoms with Gasteiger partial charge < -0.3 is 14.5 Å². The Morgan fingerprint density at radius 1 is 1.12 bits per heavy atom. The van der Waals surface area contributed by atoms with Crippen LogP contribution >= 0.6 is 11.3 Å². The van der Waals surface area contributed by atoms with Crippen molar-refractivity contribution in [3.8, 4) is 11.8 Å². The number of ether oxygens (including phenoxy) is 1. The number of rotatable bonds is 5. The summed E-state index contributed by atoms with van der Waals surface area (Å²) in [6, 6.07) is 1.22. The van der Waals surface area contributed by atoms with E-state index < -0.39 is 34.0 Å². The summed E-state index contributed by atoms with van der Waals surface area (Å²) in [5.41, 5.74) is 0.00906. The third kappa shape index (κ3) is 7.29. The summed E-state index contributed by atoms with van der Waals surface area (Å²) >= 11 is 1.04. The van der Waals surface area contributed by atoms with Gasteiger partial charge in [0.15, 0.2) is 9.84 Å². The minimum Gasteiger partial charge on any atom is -0.445 e. The van der Waals surface area contributed by atoms with E-state index in [0.717, 1.165) is 37.0 Å². The summed E-state index contributed by atoms with van der Waals surface area (Å²) in [6.07, 6.45) is 2.71. The van der Waals surface area contributed by atoms with Crippen molar-refractivity contribution in [1.29, 1.82) is 0 Å². The van der Waals surface area contributed by atoms with Crippen molar-refractivity contribution in [1.82, 2.24) is 4.90 Å². The number of nitrogens with zero attached hydrogens (tertiary/aromatic N) is 3. The van der Waals surface area contributed by atoms with Crippen molar-refractivity contribution in [2.75, 3.05) is 29.5 Å². The lowest BCUT2D eigenvalue weighted by molar-refractivity contribution is -0.124. The molecule has 40 heavy (non-hydrogen) atoms. The molecule has 1 aliphatic carbocycles. The lowest BCUT2D eigenvalue weighted by atomic mass is 9.82. The first-order valence-electron chi connectivity index (χ1n) is 13.8. The smallest absolute Gasteiger partial charge is 0.410 e. The van der Waals surface area contributed by atoms with Crippen LogP contribution in [0.3, 0.4) is 0 Å². The lowest BCUT2D eigenvalue weighted by Crippen LogP contribution is -2.47. The van der Waals surface area contributed by atoms with E-state index in [0.29, 0.717) is 29.4 Å². The van der Waals surface area contributed by atoms with Crippen LogP contribution in [0.25, 0.3) is 0 Å². The monoisotopic (exact) mass is 591 g/mol. The fourth-order valence-corrected chi connectivity index (χ4v) is 7.92. The molecule has 1 aromatic heterocycles. The van der Waals surface area contributed by atoms with Crippen molar-refractivity contribution in [3.05, 3.63) is 20.7 Å². The maximum absolute atomic E-state index is 14.1. The standard InChI is InChI=1S/C28H37N3O7S2/c1-18-5-7-19(8-6-18)26(33)31(23-15-22(9-12-28(2,3)4)39-24(23)25(32)29-35)20-10-13-30(16-20)27(34)38-21-11-14-40(36,37)17-21/h15,18-21H,5-8,10-11,13-14,16-17H2,1-4H3/t18-,19-,20-,21?/m0/s1. The van der Waals surface area contributed by atoms with Crippen molar-refractivity contribution < 1.29 is 27.5 Å². The minimum absolute atomic E-state index is 0.00394. The van der Waals surface area contributed by atoms with Crippen LogP contribution in [0.1, 0.15) is 80.8 Å². The van der Waals surface area contributed by atoms with E-state index >= 15 is 0 Å². The maximum atomic E-state index is 14.1. The summed E-state index contributed by atoms with van der Waals surface area (Å²) in [5, 5.41) is 2.65. The Labute approximate surface area is 239 Å². The zero-order valence-corrected chi connectivity index (χ0v) is 25.1. The highest BCUT2D eigenvalue weighted by atomic mass is 32.2. The first kappa shape index (κ1) is 30.2. The summed E-state index contributed by atoms with van der Waals surface area (Å²) < 4.78 is 29.1. The minimum atomic E-state index is -3.20. The molecule has 10 nitrogen and oxygen atoms in total. The first-order valence-corrected chi connectivity index (χ1v) is 16.4. The molecule has 2 atom stereocenters. The van der Waals surface area contributed by atoms with Crippen LogP contribution in [-0.4, -0.2) is 68.0 Å². The van der Waals surface area contributed by atoms with E-state index in [1.807, 2.05) is 20.8 Å². The van der Waals surface area contributed by atoms with Crippen LogP contribution in [0.15, 0.2) is 11.2 Å². The molecule has 0 aromatic carbocycles. The molecule has 0 radical (unpaired) electrons. The van der Waals surface area contributed by atoms with Crippen LogP contribution in [0, 0.1) is 34.0 Å². The summed E-state index contributed by atoms with van der Waals surface area (Å²) in [7, 11) is -3.20. The molecular formula is C28H37N3O7S2. The molecule has 1 unspecified atom stereocenters. The maximum Gasteiger partial charge on any atom is 0.410 e. The summed E-state index contributed by atoms with van der Waals surface area (Å²) in [6.45, 7) is 8.51. The highest BCUT2D eigenvalue weighted by Crippen LogP contribution is 2.38. The Morgan fingerprint density at radius 2 is 1.82 bits per heavy atom. The van der Waals surface area contributed by atoms with Gasteiger partial charge in [-0.05, 0) is 71.3 Å². The highest BCUT2D eigenvalue weighted by Gasteiger charge is 2.41. The molecule has 0 bridgehead atoms. The number of nitroso groups, excluding NO2 is 1. The fourth-order valence-electron chi connectivity index (χ4n) is 5.45. The largest absolute Gasteiger partial charge is 0.445 e. The van der Waals surface area contributed by atoms with Crippen molar-refractivity contribution >= 4 is 44.8 Å². The van der Waals surface area contributed by atoms with Crippen molar-refractivity contribution in [3.63, 3.8) is 0 Å². The Bertz CT molecular complexity index is 1330. The summed E-state index contributed by atoms with van der Waals surface area (Å²) in [4.78, 5) is 54.6. The molecule has 3 heterocycles. The number of carbonyl (C=O) groups excluding carboxylic acids is 3. The van der Waals surface area contributed by atoms with Gasteiger partial charge in [0.2, 0.25) is 5.91 Å². The van der Waals surface area contributed by atoms with Gasteiger partial charge in [-0.25, -0.2) is 13.2 Å². The normalized spacial score (nSPS) is 26.1. The van der Waals surface area contributed by atoms with Crippen LogP contribution in [0.2, 0.25) is 0 Å². The van der Waals surface area contributed by atoms with E-state index in [1.165, 1.54) is 4.90 Å². The first-order chi connectivity index (χ1) is 18.8. The van der Waals surface area contributed by atoms with E-state index in [-0.39, 0.29) is 46.6 Å². The Hall–Kier alpha value is -2.78. The van der Waals surface area contributed by atoms with Crippen LogP contribution in [0.4, 0.5) is 10.5 Å². The molecule has 12 heteroatoms. The SMILES string of the molecule is CC(C)(C)C#Cc1cc(N(C(=O)[C@H]2CC[C@H](C)CC2)[C@H]2CCN(C(=O)OC3CCS(=O)(=O)C3)C2)c(C(=O)N=O)s1. The number of anilines is 1. The molecule has 218 valence electrons. The molecule has 4 rings (SSSR count). The number of amides is 3. The molecule has 3 aliphatic rings. The van der Waals surface area contributed by atoms with Crippen molar-refractivity contribution in [2.45, 2.75) is 78.4 Å². The zero-order chi connectivity index (χ0) is 29.2. The van der Waals surface area contributed by atoms with Gasteiger partial charge in [-0.3, -0.25) is 9.59 Å². The van der Waals surface area contributed by atoms with Crippen LogP contribution in [0.5, 0.6) is 0 Å². The Kier molecular flexibility index (Phi) is 9.05. The lowest BCUT2D eigenvalue weighted by Gasteiger charge is -2.34. The molecule has 1 saturated carbocycles. The van der Waals surface area contributed by atoms with Gasteiger partial charge in [-0.15, -0.1) is 16.2 Å². The Balaban J connectivity index is 1.64. The van der Waals surface area contributed by atoms with Crippen LogP contribution in [-0.2, 0) is 19.4 Å². The number of hydrogen-bond donors (Lipinski definition) is 0. The average molecular weight is 592 g/mol. The van der Waals surface area contributed by atoms with Gasteiger partial charge in [-0.2, -0.15) is 0 Å². The molecule has 0 N–H and O–H groups in total. The van der Waals surface area contributed by atoms with Gasteiger partial charge >= 0.3 is 12.0 Å². The third-order valence-corrected chi connectivity index (χ3v) is 10.4. The van der Waals surface area contributed by atoms with E-state index in [4.69, 9.17) is 4.74 Å². The zero-order valence-electron chi connectivity index (χ0n) is 23.5. The quantitative estimate of drug-likeness (QED) is 0.361. The molecular weight excluding hydrogens is 554 g/mol. The number of carbonyl (C=O) groups is 3. The second kappa shape index (κ2) is 12.0. The highest BCUT2D eigenvalue weighted by molar-refractivity contribution is 7.91. The predicted octanol–water partition coefficient (Wildman–Crippen LogP) is 4.61. The third-order valence-electron chi connectivity index (χ3n) is 7.66. The number of sulfone groups is 1. The predicted molar refractivity (Wildman–Crippen MR) is 153 cm³/mol. The van der Waals surface area contributed by atoms with Gasteiger partial charge in [0.25, 0.3) is 0 Å². The van der Waals surface area contributed by atoms with E-state index in [9.17, 15) is 27.7 Å². The fraction of sp³-hybridized carbons (Fsp3) is 0.679. The molecule has 1 aromatic rings. The average Bonchev–Trinajstić information content (AvgIpc) is 3.61. The van der Waals surface area contributed by atoms with E-state index in [1.54, 1.807) is 11.0 Å². The molecule has 2 saturated heterocycles. The van der Waals surface area contributed by atoms with Crippen LogP contribution < -0.4 is 4.90 Å². The van der Waals surface area contributed by atoms with Gasteiger partial charge in [-0.1, -0.05) is 18.8 Å². The molecule has 0 spiro atoms. The molecule has 2 aliphatic heterocycles. The second-order valence-electron chi connectivity index (χ2n) is 12.2. The van der Waals surface area contributed by atoms with E-state index in [2.05, 4.69) is 23.9 Å². The van der Waals surface area contributed by atoms with Gasteiger partial charge in [0, 0.05) is 29.6 Å². The van der Waals surface area contributed by atoms with Gasteiger partial charge in [0.1, 0.15) is 11.0 Å². The van der Waals surface area contributed by atoms with Crippen molar-refractivity contribution in [2.24, 2.45) is 22.4 Å². The summed E-state index contributed by atoms with van der Waals surface area (Å²) in [5.74, 6) is 5.21. The number of hydrogen-bond acceptors (Lipinski definition) is 8. The van der Waals surface area contributed by atoms with Gasteiger partial charge in [0.05, 0.1) is 28.1 Å². The number of thiophene rings is 1. The molecule has 3 amide bonds. The topological polar surface area (TPSA) is 130 Å². The second-order valence-corrected chi connectivity index (χ2v) is 15.5. The number of likely N-dealkylation sites (tertiary alicyclic amines) is 1. The molecule has 3 fully saturated rings.